The third-order valence-electron chi connectivity index (χ3n) is 0. The van der Waals surface area contributed by atoms with Gasteiger partial charge in [0.1, 0.15) is 0 Å². The second kappa shape index (κ2) is 60.6. The quantitative estimate of drug-likeness (QED) is 0.205. The van der Waals surface area contributed by atoms with Gasteiger partial charge in [-0.25, -0.2) is 0 Å². The first-order chi connectivity index (χ1) is 6.00. The van der Waals surface area contributed by atoms with Gasteiger partial charge in [-0.1, -0.05) is 0 Å². The summed E-state index contributed by atoms with van der Waals surface area (Å²) in [4.78, 5) is 103. The van der Waals surface area contributed by atoms with E-state index in [1.165, 1.54) is 0 Å². The van der Waals surface area contributed by atoms with Crippen molar-refractivity contribution in [1.29, 1.82) is 0 Å². The molecule has 0 saturated carbocycles. The van der Waals surface area contributed by atoms with Gasteiger partial charge in [-0.2, -0.15) is 0 Å². The summed E-state index contributed by atoms with van der Waals surface area (Å²) in [5, 5.41) is 0. The Balaban J connectivity index is -0.00000000503. The molecule has 0 atom stereocenters. The van der Waals surface area contributed by atoms with Crippen LogP contribution in [0, 0.1) is 457 Å². The molecule has 12 radical (unpaired) electrons. The van der Waals surface area contributed by atoms with Crippen molar-refractivity contribution in [2.75, 3.05) is 0 Å². The Morgan fingerprint density at radius 3 is 0.259 bits per heavy atom. The predicted molar refractivity (Wildman–Crippen MR) is 17.3 cm³/mol. The van der Waals surface area contributed by atoms with Crippen LogP contribution in [0.3, 0.4) is 0 Å². The molecule has 0 rings (SSSR count). The molecule has 0 aromatic heterocycles. The molecule has 0 aromatic carbocycles. The maximum absolute atomic E-state index is 8.58. The zero-order valence-electron chi connectivity index (χ0n) is 11.7. The fourth-order valence-electron chi connectivity index (χ4n) is 0. The van der Waals surface area contributed by atoms with Crippen molar-refractivity contribution in [3.05, 3.63) is 0 Å². The summed E-state index contributed by atoms with van der Waals surface area (Å²) in [7, 11) is -16.8. The molecule has 0 aliphatic carbocycles. The molecule has 0 aromatic rings. The zero-order chi connectivity index (χ0) is 13.5. The van der Waals surface area contributed by atoms with Crippen LogP contribution in [0.15, 0.2) is 0 Å². The Labute approximate surface area is 523 Å². The number of hydrogen-bond donors (Lipinski definition) is 0. The Hall–Kier alpha value is 15.4. The number of rotatable bonds is 0. The van der Waals surface area contributed by atoms with Crippen molar-refractivity contribution in [3.63, 3.8) is 0 Å². The van der Waals surface area contributed by atoms with E-state index in [2.05, 4.69) is 0 Å². The average Bonchev–Trinajstić information content (AvgIpc) is 1.41. The van der Waals surface area contributed by atoms with E-state index in [1.54, 1.807) is 0 Å². The summed E-state index contributed by atoms with van der Waals surface area (Å²) >= 11 is 0. The topological polar surface area (TPSA) is 277 Å². The third-order valence-corrected chi connectivity index (χ3v) is 0. The smallest absolute Gasteiger partial charge is 0.894 e. The van der Waals surface area contributed by atoms with Gasteiger partial charge in [0, 0.05) is 290 Å². The Bertz CT molecular complexity index is 132. The maximum atomic E-state index is 8.58. The van der Waals surface area contributed by atoms with Gasteiger partial charge in [-0.3, -0.25) is 0 Å². The van der Waals surface area contributed by atoms with Crippen molar-refractivity contribution < 1.29 is 514 Å². The molecule has 172 valence electrons. The van der Waals surface area contributed by atoms with Gasteiger partial charge in [0.2, 0.25) is 0 Å². The van der Waals surface area contributed by atoms with E-state index >= 15 is 0 Å². The molecule has 0 heterocycles. The Kier molecular flexibility index (Phi) is 217. The molecule has 12 nitrogen and oxygen atoms in total. The molecule has 0 bridgehead atoms. The minimum atomic E-state index is -5.61. The molecule has 27 heavy (non-hydrogen) atoms. The van der Waals surface area contributed by atoms with E-state index in [-0.39, 0.29) is 457 Å². The van der Waals surface area contributed by atoms with E-state index in [9.17, 15) is 0 Å². The summed E-state index contributed by atoms with van der Waals surface area (Å²) < 4.78 is 0. The standard InChI is InChI=1S/4Ce.4La.4Lu.3O4Si/c;;;;;;;;;;;;3*1-5(2,3)4/q4*+3;;;;;;;;;3*-4. The molecule has 0 unspecified atom stereocenters. The van der Waals surface area contributed by atoms with E-state index in [0.717, 1.165) is 0 Å². The molecule has 27 heteroatoms. The van der Waals surface area contributed by atoms with Crippen LogP contribution in [0.25, 0.3) is 0 Å². The van der Waals surface area contributed by atoms with Gasteiger partial charge < -0.3 is 84.7 Å². The van der Waals surface area contributed by atoms with Crippen LogP contribution in [-0.4, -0.2) is 27.1 Å². The molecular formula is Ce4La4Lu4O12Si3. The molecule has 0 aliphatic rings. The second-order valence-electron chi connectivity index (χ2n) is 1.50. The predicted octanol–water partition coefficient (Wildman–Crippen LogP) is -15.4. The van der Waals surface area contributed by atoms with Crippen LogP contribution >= 0.6 is 0 Å². The van der Waals surface area contributed by atoms with Crippen molar-refractivity contribution in [2.24, 2.45) is 0 Å². The molecule has 0 saturated heterocycles. The summed E-state index contributed by atoms with van der Waals surface area (Å²) in [5.41, 5.74) is 0. The van der Waals surface area contributed by atoms with Gasteiger partial charge in [0.05, 0.1) is 0 Å². The molecular weight excluding hydrogens is 2090 g/mol. The van der Waals surface area contributed by atoms with Crippen molar-refractivity contribution in [3.8, 4) is 0 Å². The van der Waals surface area contributed by atoms with Gasteiger partial charge >= 0.3 is 167 Å². The summed E-state index contributed by atoms with van der Waals surface area (Å²) in [6.07, 6.45) is 0. The van der Waals surface area contributed by atoms with E-state index < -0.39 is 27.1 Å². The van der Waals surface area contributed by atoms with Crippen LogP contribution < -0.4 is 57.5 Å². The van der Waals surface area contributed by atoms with Crippen molar-refractivity contribution >= 4 is 27.1 Å². The summed E-state index contributed by atoms with van der Waals surface area (Å²) in [6.45, 7) is 0. The first-order valence-corrected chi connectivity index (χ1v) is 7.35. The van der Waals surface area contributed by atoms with Crippen LogP contribution in [0.2, 0.25) is 0 Å². The summed E-state index contributed by atoms with van der Waals surface area (Å²) in [6, 6.07) is 0. The SMILES string of the molecule is [Ce+3].[Ce+3].[Ce+3].[Ce+3].[La].[La].[La].[La].[Lu].[Lu].[Lu].[Lu].[O-][Si]([O-])([O-])[O-].[O-][Si]([O-])([O-])[O-].[O-][Si]([O-])([O-])[O-]. The van der Waals surface area contributed by atoms with Crippen molar-refractivity contribution in [1.82, 2.24) is 0 Å². The van der Waals surface area contributed by atoms with Crippen LogP contribution in [0.5, 0.6) is 0 Å². The van der Waals surface area contributed by atoms with Gasteiger partial charge in [-0.15, -0.1) is 0 Å². The van der Waals surface area contributed by atoms with Crippen LogP contribution in [0.4, 0.5) is 0 Å². The maximum Gasteiger partial charge on any atom is 3.00 e. The molecule has 0 N–H and O–H groups in total. The third kappa shape index (κ3) is 271. The van der Waals surface area contributed by atoms with E-state index in [4.69, 9.17) is 57.5 Å². The largest absolute Gasteiger partial charge is 3.00 e. The van der Waals surface area contributed by atoms with Crippen molar-refractivity contribution in [2.45, 2.75) is 0 Å². The minimum absolute atomic E-state index is 0. The van der Waals surface area contributed by atoms with Crippen LogP contribution in [-0.2, 0) is 0 Å². The Morgan fingerprint density at radius 2 is 0.259 bits per heavy atom. The van der Waals surface area contributed by atoms with Gasteiger partial charge in [0.25, 0.3) is 0 Å². The summed E-state index contributed by atoms with van der Waals surface area (Å²) in [5.74, 6) is 0. The zero-order valence-corrected chi connectivity index (χ0v) is 48.4. The molecule has 0 fully saturated rings. The second-order valence-corrected chi connectivity index (χ2v) is 4.50. The monoisotopic (exact) mass is 2090 g/mol. The Morgan fingerprint density at radius 1 is 0.259 bits per heavy atom. The first kappa shape index (κ1) is 96.8. The first-order valence-electron chi connectivity index (χ1n) is 2.45. The molecule has 0 spiro atoms. The van der Waals surface area contributed by atoms with E-state index in [0.29, 0.717) is 0 Å². The fourth-order valence-corrected chi connectivity index (χ4v) is 0. The fraction of sp³-hybridized carbons (Fsp3) is 0. The minimum Gasteiger partial charge on any atom is -0.894 e. The normalized spacial score (nSPS) is 6.67. The van der Waals surface area contributed by atoms with Gasteiger partial charge in [-0.05, 0) is 0 Å². The van der Waals surface area contributed by atoms with Gasteiger partial charge in [0.15, 0.2) is 0 Å². The number of hydrogen-bond acceptors (Lipinski definition) is 12. The molecule has 0 amide bonds. The van der Waals surface area contributed by atoms with Crippen LogP contribution in [0.1, 0.15) is 0 Å². The molecule has 0 aliphatic heterocycles. The van der Waals surface area contributed by atoms with E-state index in [1.807, 2.05) is 0 Å². The average molecular weight is 2090 g/mol.